The number of anilines is 1. The van der Waals surface area contributed by atoms with Crippen molar-refractivity contribution in [2.45, 2.75) is 11.3 Å². The molecule has 1 aromatic heterocycles. The lowest BCUT2D eigenvalue weighted by atomic mass is 10.1. The van der Waals surface area contributed by atoms with E-state index in [2.05, 4.69) is 25.7 Å². The smallest absolute Gasteiger partial charge is 0.243 e. The Balaban J connectivity index is 1.36. The van der Waals surface area contributed by atoms with Crippen molar-refractivity contribution in [1.29, 1.82) is 0 Å². The molecule has 0 spiro atoms. The number of hydrogen-bond donors (Lipinski definition) is 1. The zero-order valence-electron chi connectivity index (χ0n) is 17.0. The van der Waals surface area contributed by atoms with Gasteiger partial charge < -0.3 is 10.2 Å². The van der Waals surface area contributed by atoms with Gasteiger partial charge in [-0.3, -0.25) is 4.79 Å². The molecule has 10 nitrogen and oxygen atoms in total. The minimum Gasteiger partial charge on any atom is -0.326 e. The fourth-order valence-electron chi connectivity index (χ4n) is 3.32. The van der Waals surface area contributed by atoms with E-state index in [1.54, 1.807) is 12.1 Å². The molecule has 1 fully saturated rings. The Labute approximate surface area is 180 Å². The van der Waals surface area contributed by atoms with Crippen LogP contribution < -0.4 is 5.32 Å². The summed E-state index contributed by atoms with van der Waals surface area (Å²) in [5.41, 5.74) is 2.18. The Kier molecular flexibility index (Phi) is 6.07. The molecule has 1 amide bonds. The molecule has 1 N–H and O–H groups in total. The molecule has 162 valence electrons. The van der Waals surface area contributed by atoms with Gasteiger partial charge in [0.2, 0.25) is 15.9 Å². The van der Waals surface area contributed by atoms with Crippen LogP contribution in [0.25, 0.3) is 5.69 Å². The van der Waals surface area contributed by atoms with E-state index in [4.69, 9.17) is 0 Å². The number of carbonyl (C=O) groups is 1. The lowest BCUT2D eigenvalue weighted by molar-refractivity contribution is -0.115. The normalized spacial score (nSPS) is 15.6. The van der Waals surface area contributed by atoms with Gasteiger partial charge in [0.1, 0.15) is 6.33 Å². The summed E-state index contributed by atoms with van der Waals surface area (Å²) in [7, 11) is -1.55. The maximum Gasteiger partial charge on any atom is 0.243 e. The lowest BCUT2D eigenvalue weighted by Gasteiger charge is -2.31. The number of sulfonamides is 1. The molecule has 31 heavy (non-hydrogen) atoms. The number of nitrogens with zero attached hydrogens (tertiary/aromatic N) is 6. The van der Waals surface area contributed by atoms with Crippen LogP contribution >= 0.6 is 0 Å². The number of piperazine rings is 1. The molecule has 0 saturated carbocycles. The van der Waals surface area contributed by atoms with Crippen LogP contribution in [0.1, 0.15) is 5.56 Å². The second-order valence-electron chi connectivity index (χ2n) is 7.38. The fraction of sp³-hybridized carbons (Fsp3) is 0.300. The highest BCUT2D eigenvalue weighted by Gasteiger charge is 2.27. The average Bonchev–Trinajstić information content (AvgIpc) is 3.30. The molecule has 0 bridgehead atoms. The Hall–Kier alpha value is -3.15. The first kappa shape index (κ1) is 21.1. The predicted molar refractivity (Wildman–Crippen MR) is 114 cm³/mol. The Morgan fingerprint density at radius 2 is 1.68 bits per heavy atom. The SMILES string of the molecule is CN1CCN(S(=O)(=O)c2ccc(NC(=O)Cc3ccc(-n4cnnn4)cc3)cc2)CC1. The van der Waals surface area contributed by atoms with E-state index >= 15 is 0 Å². The van der Waals surface area contributed by atoms with Crippen molar-refractivity contribution in [1.82, 2.24) is 29.4 Å². The highest BCUT2D eigenvalue weighted by atomic mass is 32.2. The molecule has 2 heterocycles. The molecular formula is C20H23N7O3S. The summed E-state index contributed by atoms with van der Waals surface area (Å²) in [4.78, 5) is 14.7. The minimum absolute atomic E-state index is 0.190. The number of rotatable bonds is 6. The van der Waals surface area contributed by atoms with Crippen molar-refractivity contribution < 1.29 is 13.2 Å². The molecule has 1 aliphatic heterocycles. The number of hydrogen-bond acceptors (Lipinski definition) is 7. The van der Waals surface area contributed by atoms with Crippen LogP contribution in [0.4, 0.5) is 5.69 Å². The Morgan fingerprint density at radius 1 is 1.00 bits per heavy atom. The third-order valence-electron chi connectivity index (χ3n) is 5.15. The van der Waals surface area contributed by atoms with E-state index in [0.717, 1.165) is 11.3 Å². The van der Waals surface area contributed by atoms with Crippen LogP contribution in [0, 0.1) is 0 Å². The minimum atomic E-state index is -3.52. The summed E-state index contributed by atoms with van der Waals surface area (Å²) in [6, 6.07) is 13.6. The molecule has 0 aliphatic carbocycles. The van der Waals surface area contributed by atoms with Crippen LogP contribution in [0.3, 0.4) is 0 Å². The molecule has 3 aromatic rings. The topological polar surface area (TPSA) is 113 Å². The number of aromatic nitrogens is 4. The van der Waals surface area contributed by atoms with Crippen molar-refractivity contribution in [3.63, 3.8) is 0 Å². The first-order valence-electron chi connectivity index (χ1n) is 9.83. The van der Waals surface area contributed by atoms with Gasteiger partial charge in [0.05, 0.1) is 17.0 Å². The summed E-state index contributed by atoms with van der Waals surface area (Å²) >= 11 is 0. The first-order valence-corrected chi connectivity index (χ1v) is 11.3. The van der Waals surface area contributed by atoms with Gasteiger partial charge in [-0.05, 0) is 59.4 Å². The molecule has 2 aromatic carbocycles. The van der Waals surface area contributed by atoms with Crippen LogP contribution in [0.2, 0.25) is 0 Å². The molecule has 0 unspecified atom stereocenters. The average molecular weight is 442 g/mol. The highest BCUT2D eigenvalue weighted by molar-refractivity contribution is 7.89. The standard InChI is InChI=1S/C20H23N7O3S/c1-25-10-12-26(13-11-25)31(29,30)19-8-4-17(5-9-19)22-20(28)14-16-2-6-18(7-3-16)27-15-21-23-24-27/h2-9,15H,10-14H2,1H3,(H,22,28). The summed E-state index contributed by atoms with van der Waals surface area (Å²) in [6.07, 6.45) is 1.69. The molecule has 1 aliphatic rings. The van der Waals surface area contributed by atoms with E-state index in [1.807, 2.05) is 31.3 Å². The van der Waals surface area contributed by atoms with Crippen LogP contribution in [0.15, 0.2) is 59.8 Å². The maximum atomic E-state index is 12.8. The summed E-state index contributed by atoms with van der Waals surface area (Å²) < 4.78 is 28.6. The lowest BCUT2D eigenvalue weighted by Crippen LogP contribution is -2.46. The highest BCUT2D eigenvalue weighted by Crippen LogP contribution is 2.20. The van der Waals surface area contributed by atoms with E-state index in [9.17, 15) is 13.2 Å². The number of carbonyl (C=O) groups excluding carboxylic acids is 1. The molecule has 1 saturated heterocycles. The first-order chi connectivity index (χ1) is 14.9. The van der Waals surface area contributed by atoms with Gasteiger partial charge in [0.15, 0.2) is 0 Å². The van der Waals surface area contributed by atoms with Gasteiger partial charge in [-0.1, -0.05) is 12.1 Å². The fourth-order valence-corrected chi connectivity index (χ4v) is 4.75. The predicted octanol–water partition coefficient (Wildman–Crippen LogP) is 0.780. The van der Waals surface area contributed by atoms with Crippen molar-refractivity contribution in [2.75, 3.05) is 38.5 Å². The van der Waals surface area contributed by atoms with Gasteiger partial charge in [-0.2, -0.15) is 4.31 Å². The van der Waals surface area contributed by atoms with E-state index in [0.29, 0.717) is 31.9 Å². The second-order valence-corrected chi connectivity index (χ2v) is 9.32. The third-order valence-corrected chi connectivity index (χ3v) is 7.07. The largest absolute Gasteiger partial charge is 0.326 e. The summed E-state index contributed by atoms with van der Waals surface area (Å²) in [5, 5.41) is 13.8. The maximum absolute atomic E-state index is 12.8. The van der Waals surface area contributed by atoms with Crippen LogP contribution in [-0.4, -0.2) is 77.0 Å². The molecule has 0 radical (unpaired) electrons. The number of amides is 1. The van der Waals surface area contributed by atoms with Crippen molar-refractivity contribution in [2.24, 2.45) is 0 Å². The molecule has 0 atom stereocenters. The zero-order chi connectivity index (χ0) is 21.8. The van der Waals surface area contributed by atoms with E-state index in [1.165, 1.54) is 27.4 Å². The Bertz CT molecular complexity index is 1120. The van der Waals surface area contributed by atoms with Crippen LogP contribution in [-0.2, 0) is 21.2 Å². The van der Waals surface area contributed by atoms with E-state index < -0.39 is 10.0 Å². The van der Waals surface area contributed by atoms with Gasteiger partial charge in [-0.15, -0.1) is 5.10 Å². The summed E-state index contributed by atoms with van der Waals surface area (Å²) in [6.45, 7) is 2.38. The summed E-state index contributed by atoms with van der Waals surface area (Å²) in [5.74, 6) is -0.190. The Morgan fingerprint density at radius 3 is 2.29 bits per heavy atom. The van der Waals surface area contributed by atoms with Gasteiger partial charge in [-0.25, -0.2) is 13.1 Å². The number of nitrogens with one attached hydrogen (secondary N) is 1. The number of likely N-dealkylation sites (N-methyl/N-ethyl adjacent to an activating group) is 1. The van der Waals surface area contributed by atoms with Gasteiger partial charge in [0.25, 0.3) is 0 Å². The van der Waals surface area contributed by atoms with Crippen molar-refractivity contribution in [3.05, 3.63) is 60.4 Å². The number of tetrazole rings is 1. The van der Waals surface area contributed by atoms with E-state index in [-0.39, 0.29) is 17.2 Å². The van der Waals surface area contributed by atoms with Gasteiger partial charge in [0, 0.05) is 31.9 Å². The second kappa shape index (κ2) is 8.92. The third kappa shape index (κ3) is 4.95. The quantitative estimate of drug-likeness (QED) is 0.601. The zero-order valence-corrected chi connectivity index (χ0v) is 17.9. The molecule has 4 rings (SSSR count). The van der Waals surface area contributed by atoms with Crippen molar-refractivity contribution in [3.8, 4) is 5.69 Å². The molecular weight excluding hydrogens is 418 g/mol. The van der Waals surface area contributed by atoms with Crippen molar-refractivity contribution >= 4 is 21.6 Å². The van der Waals surface area contributed by atoms with Gasteiger partial charge >= 0.3 is 0 Å². The monoisotopic (exact) mass is 441 g/mol. The number of benzene rings is 2. The van der Waals surface area contributed by atoms with Crippen LogP contribution in [0.5, 0.6) is 0 Å². The molecule has 11 heteroatoms.